The SMILES string of the molecule is O[C@@H](C[C@H](Cc1ccccc1)Nc1ccccc1)c1ccccc1. The van der Waals surface area contributed by atoms with Gasteiger partial charge in [0.05, 0.1) is 6.10 Å². The van der Waals surface area contributed by atoms with E-state index in [2.05, 4.69) is 41.7 Å². The van der Waals surface area contributed by atoms with Crippen LogP contribution in [-0.4, -0.2) is 11.1 Å². The van der Waals surface area contributed by atoms with Crippen LogP contribution in [0, 0.1) is 0 Å². The number of hydrogen-bond donors (Lipinski definition) is 2. The Morgan fingerprint density at radius 3 is 1.88 bits per heavy atom. The molecule has 0 amide bonds. The van der Waals surface area contributed by atoms with Crippen LogP contribution in [0.15, 0.2) is 91.0 Å². The van der Waals surface area contributed by atoms with E-state index >= 15 is 0 Å². The highest BCUT2D eigenvalue weighted by atomic mass is 16.3. The summed E-state index contributed by atoms with van der Waals surface area (Å²) in [4.78, 5) is 0. The van der Waals surface area contributed by atoms with Gasteiger partial charge >= 0.3 is 0 Å². The predicted molar refractivity (Wildman–Crippen MR) is 100 cm³/mol. The van der Waals surface area contributed by atoms with Crippen molar-refractivity contribution in [3.63, 3.8) is 0 Å². The van der Waals surface area contributed by atoms with Crippen molar-refractivity contribution < 1.29 is 5.11 Å². The molecule has 0 aliphatic carbocycles. The fourth-order valence-electron chi connectivity index (χ4n) is 2.94. The summed E-state index contributed by atoms with van der Waals surface area (Å²) in [6.45, 7) is 0. The Morgan fingerprint density at radius 2 is 1.25 bits per heavy atom. The van der Waals surface area contributed by atoms with Gasteiger partial charge in [0, 0.05) is 11.7 Å². The van der Waals surface area contributed by atoms with E-state index in [-0.39, 0.29) is 6.04 Å². The monoisotopic (exact) mass is 317 g/mol. The molecule has 0 heterocycles. The van der Waals surface area contributed by atoms with Crippen LogP contribution in [-0.2, 0) is 6.42 Å². The lowest BCUT2D eigenvalue weighted by Gasteiger charge is -2.23. The van der Waals surface area contributed by atoms with Crippen molar-refractivity contribution in [1.29, 1.82) is 0 Å². The molecule has 0 saturated carbocycles. The summed E-state index contributed by atoms with van der Waals surface area (Å²) in [5.74, 6) is 0. The summed E-state index contributed by atoms with van der Waals surface area (Å²) in [5.41, 5.74) is 3.32. The van der Waals surface area contributed by atoms with E-state index in [1.54, 1.807) is 0 Å². The molecule has 24 heavy (non-hydrogen) atoms. The molecular weight excluding hydrogens is 294 g/mol. The van der Waals surface area contributed by atoms with Gasteiger partial charge in [0.2, 0.25) is 0 Å². The van der Waals surface area contributed by atoms with Gasteiger partial charge in [-0.3, -0.25) is 0 Å². The third-order valence-electron chi connectivity index (χ3n) is 4.16. The lowest BCUT2D eigenvalue weighted by atomic mass is 9.96. The van der Waals surface area contributed by atoms with Gasteiger partial charge in [-0.25, -0.2) is 0 Å². The second kappa shape index (κ2) is 8.32. The van der Waals surface area contributed by atoms with E-state index in [1.165, 1.54) is 5.56 Å². The highest BCUT2D eigenvalue weighted by molar-refractivity contribution is 5.44. The van der Waals surface area contributed by atoms with E-state index in [0.29, 0.717) is 6.42 Å². The van der Waals surface area contributed by atoms with Gasteiger partial charge < -0.3 is 10.4 Å². The average Bonchev–Trinajstić information content (AvgIpc) is 2.64. The molecule has 0 bridgehead atoms. The van der Waals surface area contributed by atoms with Crippen LogP contribution in [0.2, 0.25) is 0 Å². The van der Waals surface area contributed by atoms with E-state index in [0.717, 1.165) is 17.7 Å². The molecule has 2 nitrogen and oxygen atoms in total. The number of aliphatic hydroxyl groups excluding tert-OH is 1. The van der Waals surface area contributed by atoms with Gasteiger partial charge in [-0.05, 0) is 36.1 Å². The molecule has 2 atom stereocenters. The maximum atomic E-state index is 10.6. The standard InChI is InChI=1S/C22H23NO/c24-22(19-12-6-2-7-13-19)17-21(16-18-10-4-1-5-11-18)23-20-14-8-3-9-15-20/h1-15,21-24H,16-17H2/t21-,22-/m0/s1. The van der Waals surface area contributed by atoms with E-state index in [4.69, 9.17) is 0 Å². The van der Waals surface area contributed by atoms with Gasteiger partial charge in [0.1, 0.15) is 0 Å². The zero-order valence-electron chi connectivity index (χ0n) is 13.7. The Bertz CT molecular complexity index is 671. The quantitative estimate of drug-likeness (QED) is 0.654. The number of rotatable bonds is 7. The molecule has 0 unspecified atom stereocenters. The molecule has 0 spiro atoms. The van der Waals surface area contributed by atoms with Crippen LogP contribution in [0.5, 0.6) is 0 Å². The van der Waals surface area contributed by atoms with Crippen LogP contribution in [0.1, 0.15) is 23.7 Å². The molecule has 0 aromatic heterocycles. The van der Waals surface area contributed by atoms with Crippen LogP contribution < -0.4 is 5.32 Å². The van der Waals surface area contributed by atoms with Gasteiger partial charge in [-0.2, -0.15) is 0 Å². The molecule has 2 heteroatoms. The first-order valence-electron chi connectivity index (χ1n) is 8.40. The summed E-state index contributed by atoms with van der Waals surface area (Å²) < 4.78 is 0. The summed E-state index contributed by atoms with van der Waals surface area (Å²) in [7, 11) is 0. The van der Waals surface area contributed by atoms with Crippen molar-refractivity contribution in [2.75, 3.05) is 5.32 Å². The maximum Gasteiger partial charge on any atom is 0.0809 e. The average molecular weight is 317 g/mol. The minimum Gasteiger partial charge on any atom is -0.388 e. The van der Waals surface area contributed by atoms with Crippen molar-refractivity contribution in [3.05, 3.63) is 102 Å². The highest BCUT2D eigenvalue weighted by Crippen LogP contribution is 2.22. The number of para-hydroxylation sites is 1. The molecule has 3 aromatic carbocycles. The lowest BCUT2D eigenvalue weighted by molar-refractivity contribution is 0.160. The van der Waals surface area contributed by atoms with Crippen molar-refractivity contribution in [2.24, 2.45) is 0 Å². The summed E-state index contributed by atoms with van der Waals surface area (Å²) in [6.07, 6.45) is 1.06. The lowest BCUT2D eigenvalue weighted by Crippen LogP contribution is -2.25. The molecular formula is C22H23NO. The minimum absolute atomic E-state index is 0.157. The van der Waals surface area contributed by atoms with Gasteiger partial charge in [-0.1, -0.05) is 78.9 Å². The first-order chi connectivity index (χ1) is 11.8. The fraction of sp³-hybridized carbons (Fsp3) is 0.182. The van der Waals surface area contributed by atoms with Crippen LogP contribution in [0.3, 0.4) is 0 Å². The zero-order chi connectivity index (χ0) is 16.6. The van der Waals surface area contributed by atoms with Gasteiger partial charge in [0.25, 0.3) is 0 Å². The van der Waals surface area contributed by atoms with Gasteiger partial charge in [0.15, 0.2) is 0 Å². The molecule has 2 N–H and O–H groups in total. The maximum absolute atomic E-state index is 10.6. The molecule has 0 aliphatic heterocycles. The molecule has 0 fully saturated rings. The Hall–Kier alpha value is -2.58. The predicted octanol–water partition coefficient (Wildman–Crippen LogP) is 4.83. The van der Waals surface area contributed by atoms with Crippen molar-refractivity contribution >= 4 is 5.69 Å². The van der Waals surface area contributed by atoms with Crippen LogP contribution in [0.4, 0.5) is 5.69 Å². The number of benzene rings is 3. The molecule has 3 rings (SSSR count). The second-order valence-electron chi connectivity index (χ2n) is 6.06. The molecule has 0 radical (unpaired) electrons. The summed E-state index contributed by atoms with van der Waals surface area (Å²) >= 11 is 0. The Kier molecular flexibility index (Phi) is 5.65. The smallest absolute Gasteiger partial charge is 0.0809 e. The first-order valence-corrected chi connectivity index (χ1v) is 8.40. The van der Waals surface area contributed by atoms with Crippen LogP contribution in [0.25, 0.3) is 0 Å². The van der Waals surface area contributed by atoms with Crippen molar-refractivity contribution in [3.8, 4) is 0 Å². The summed E-state index contributed by atoms with van der Waals surface area (Å²) in [5, 5.41) is 14.2. The normalized spacial score (nSPS) is 13.2. The second-order valence-corrected chi connectivity index (χ2v) is 6.06. The van der Waals surface area contributed by atoms with Crippen molar-refractivity contribution in [1.82, 2.24) is 0 Å². The minimum atomic E-state index is -0.476. The first kappa shape index (κ1) is 16.3. The fourth-order valence-corrected chi connectivity index (χ4v) is 2.94. The topological polar surface area (TPSA) is 32.3 Å². The van der Waals surface area contributed by atoms with E-state index < -0.39 is 6.10 Å². The number of anilines is 1. The van der Waals surface area contributed by atoms with E-state index in [1.807, 2.05) is 54.6 Å². The highest BCUT2D eigenvalue weighted by Gasteiger charge is 2.16. The third-order valence-corrected chi connectivity index (χ3v) is 4.16. The molecule has 0 aliphatic rings. The number of aliphatic hydroxyl groups is 1. The van der Waals surface area contributed by atoms with Crippen molar-refractivity contribution in [2.45, 2.75) is 25.0 Å². The van der Waals surface area contributed by atoms with Crippen LogP contribution >= 0.6 is 0 Å². The Balaban J connectivity index is 1.73. The molecule has 122 valence electrons. The number of nitrogens with one attached hydrogen (secondary N) is 1. The Morgan fingerprint density at radius 1 is 0.708 bits per heavy atom. The Labute approximate surface area is 143 Å². The number of hydrogen-bond acceptors (Lipinski definition) is 2. The molecule has 0 saturated heterocycles. The third kappa shape index (κ3) is 4.71. The van der Waals surface area contributed by atoms with Gasteiger partial charge in [-0.15, -0.1) is 0 Å². The van der Waals surface area contributed by atoms with E-state index in [9.17, 15) is 5.11 Å². The molecule has 3 aromatic rings. The summed E-state index contributed by atoms with van der Waals surface area (Å²) in [6, 6.07) is 30.6. The zero-order valence-corrected chi connectivity index (χ0v) is 13.7. The largest absolute Gasteiger partial charge is 0.388 e.